The van der Waals surface area contributed by atoms with E-state index in [4.69, 9.17) is 14.8 Å². The third-order valence-electron chi connectivity index (χ3n) is 7.41. The van der Waals surface area contributed by atoms with Gasteiger partial charge in [-0.25, -0.2) is 9.67 Å². The van der Waals surface area contributed by atoms with E-state index in [1.807, 2.05) is 0 Å². The zero-order valence-corrected chi connectivity index (χ0v) is 19.2. The molecule has 0 aromatic carbocycles. The molecule has 0 aliphatic heterocycles. The summed E-state index contributed by atoms with van der Waals surface area (Å²) in [6, 6.07) is -0.356. The average Bonchev–Trinajstić information content (AvgIpc) is 3.55. The smallest absolute Gasteiger partial charge is 0.180 e. The van der Waals surface area contributed by atoms with Gasteiger partial charge in [0.05, 0.1) is 25.4 Å². The van der Waals surface area contributed by atoms with Crippen LogP contribution in [0.3, 0.4) is 0 Å². The molecule has 0 amide bonds. The summed E-state index contributed by atoms with van der Waals surface area (Å²) >= 11 is 1.78. The minimum atomic E-state index is -1.29. The lowest BCUT2D eigenvalue weighted by molar-refractivity contribution is -0.0898. The first-order valence-electron chi connectivity index (χ1n) is 11.4. The number of aromatic nitrogens is 4. The van der Waals surface area contributed by atoms with Gasteiger partial charge in [-0.15, -0.1) is 16.9 Å². The van der Waals surface area contributed by atoms with E-state index < -0.39 is 17.8 Å². The molecule has 3 saturated carbocycles. The van der Waals surface area contributed by atoms with Gasteiger partial charge >= 0.3 is 0 Å². The molecule has 3 aliphatic carbocycles. The lowest BCUT2D eigenvalue weighted by atomic mass is 9.92. The largest absolute Gasteiger partial charge is 0.394 e. The van der Waals surface area contributed by atoms with Gasteiger partial charge in [0, 0.05) is 5.92 Å². The molecule has 5 rings (SSSR count). The second-order valence-electron chi connectivity index (χ2n) is 9.49. The molecule has 2 heterocycles. The highest BCUT2D eigenvalue weighted by Crippen LogP contribution is 2.65. The Kier molecular flexibility index (Phi) is 5.33. The van der Waals surface area contributed by atoms with Crippen molar-refractivity contribution in [2.45, 2.75) is 87.2 Å². The van der Waals surface area contributed by atoms with Gasteiger partial charge in [-0.05, 0) is 54.4 Å². The Labute approximate surface area is 186 Å². The summed E-state index contributed by atoms with van der Waals surface area (Å²) in [5, 5.41) is 41.0. The quantitative estimate of drug-likeness (QED) is 0.499. The van der Waals surface area contributed by atoms with Crippen LogP contribution in [0.2, 0.25) is 0 Å². The van der Waals surface area contributed by atoms with Crippen molar-refractivity contribution in [2.24, 2.45) is 5.92 Å². The molecule has 3 fully saturated rings. The van der Waals surface area contributed by atoms with Gasteiger partial charge in [-0.2, -0.15) is 0 Å². The van der Waals surface area contributed by atoms with E-state index in [-0.39, 0.29) is 30.6 Å². The van der Waals surface area contributed by atoms with Crippen molar-refractivity contribution in [3.05, 3.63) is 11.1 Å². The monoisotopic (exact) mass is 448 g/mol. The first-order chi connectivity index (χ1) is 14.9. The summed E-state index contributed by atoms with van der Waals surface area (Å²) in [5.41, 5.74) is 2.94. The minimum Gasteiger partial charge on any atom is -0.394 e. The van der Waals surface area contributed by atoms with Gasteiger partial charge in [0.2, 0.25) is 0 Å². The van der Waals surface area contributed by atoms with Crippen molar-refractivity contribution in [1.29, 1.82) is 0 Å². The van der Waals surface area contributed by atoms with Gasteiger partial charge in [0.1, 0.15) is 22.2 Å². The molecule has 5 atom stereocenters. The van der Waals surface area contributed by atoms with Crippen LogP contribution in [0.5, 0.6) is 0 Å². The van der Waals surface area contributed by atoms with E-state index in [0.29, 0.717) is 12.1 Å². The highest BCUT2D eigenvalue weighted by Gasteiger charge is 2.76. The Balaban J connectivity index is 1.55. The van der Waals surface area contributed by atoms with Crippen LogP contribution in [-0.4, -0.2) is 72.1 Å². The number of fused-ring (bicyclic) bond motifs is 2. The van der Waals surface area contributed by atoms with Crippen LogP contribution in [0.4, 0.5) is 0 Å². The first kappa shape index (κ1) is 21.6. The van der Waals surface area contributed by atoms with E-state index in [9.17, 15) is 10.2 Å². The summed E-state index contributed by atoms with van der Waals surface area (Å²) in [6.07, 6.45) is 3.31. The van der Waals surface area contributed by atoms with Crippen molar-refractivity contribution in [3.8, 4) is 0 Å². The molecule has 0 bridgehead atoms. The van der Waals surface area contributed by atoms with Gasteiger partial charge < -0.3 is 20.1 Å². The number of pyridine rings is 1. The molecular weight excluding hydrogens is 416 g/mol. The SMILES string of the molecule is CCCSc1nc2c(nnn2C2C3CC(OCCO)C(O)C32O)c(C2(C)CC2)c1CC. The number of aliphatic hydroxyl groups excluding tert-OH is 2. The Morgan fingerprint density at radius 3 is 2.65 bits per heavy atom. The summed E-state index contributed by atoms with van der Waals surface area (Å²) in [5.74, 6) is 0.845. The number of thioether (sulfide) groups is 1. The number of hydrogen-bond donors (Lipinski definition) is 3. The van der Waals surface area contributed by atoms with Crippen molar-refractivity contribution in [2.75, 3.05) is 19.0 Å². The van der Waals surface area contributed by atoms with Crippen LogP contribution in [0, 0.1) is 5.92 Å². The highest BCUT2D eigenvalue weighted by atomic mass is 32.2. The zero-order valence-electron chi connectivity index (χ0n) is 18.4. The number of ether oxygens (including phenoxy) is 1. The maximum atomic E-state index is 11.2. The van der Waals surface area contributed by atoms with Crippen molar-refractivity contribution in [1.82, 2.24) is 20.0 Å². The van der Waals surface area contributed by atoms with Crippen LogP contribution < -0.4 is 0 Å². The molecule has 9 heteroatoms. The lowest BCUT2D eigenvalue weighted by Gasteiger charge is -2.23. The van der Waals surface area contributed by atoms with Crippen LogP contribution in [0.25, 0.3) is 11.2 Å². The molecule has 8 nitrogen and oxygen atoms in total. The number of aliphatic hydroxyl groups is 3. The molecule has 2 aromatic rings. The van der Waals surface area contributed by atoms with Crippen LogP contribution >= 0.6 is 11.8 Å². The molecule has 170 valence electrons. The van der Waals surface area contributed by atoms with E-state index in [0.717, 1.165) is 42.0 Å². The second-order valence-corrected chi connectivity index (χ2v) is 10.6. The lowest BCUT2D eigenvalue weighted by Crippen LogP contribution is -2.39. The zero-order chi connectivity index (χ0) is 22.0. The topological polar surface area (TPSA) is 114 Å². The molecule has 0 radical (unpaired) electrons. The summed E-state index contributed by atoms with van der Waals surface area (Å²) < 4.78 is 7.27. The fourth-order valence-corrected chi connectivity index (χ4v) is 6.42. The first-order valence-corrected chi connectivity index (χ1v) is 12.4. The third-order valence-corrected chi connectivity index (χ3v) is 8.64. The normalized spacial score (nSPS) is 33.1. The predicted octanol–water partition coefficient (Wildman–Crippen LogP) is 1.99. The van der Waals surface area contributed by atoms with E-state index >= 15 is 0 Å². The van der Waals surface area contributed by atoms with E-state index in [1.165, 1.54) is 11.1 Å². The van der Waals surface area contributed by atoms with Crippen molar-refractivity contribution in [3.63, 3.8) is 0 Å². The molecule has 5 unspecified atom stereocenters. The Morgan fingerprint density at radius 1 is 1.29 bits per heavy atom. The van der Waals surface area contributed by atoms with Crippen molar-refractivity contribution < 1.29 is 20.1 Å². The van der Waals surface area contributed by atoms with Gasteiger partial charge in [0.25, 0.3) is 0 Å². The second kappa shape index (κ2) is 7.66. The Hall–Kier alpha value is -1.26. The van der Waals surface area contributed by atoms with Gasteiger partial charge in [0.15, 0.2) is 5.65 Å². The van der Waals surface area contributed by atoms with E-state index in [2.05, 4.69) is 31.1 Å². The van der Waals surface area contributed by atoms with Crippen LogP contribution in [0.1, 0.15) is 63.6 Å². The average molecular weight is 449 g/mol. The van der Waals surface area contributed by atoms with Gasteiger partial charge in [-0.1, -0.05) is 26.0 Å². The van der Waals surface area contributed by atoms with Crippen LogP contribution in [-0.2, 0) is 16.6 Å². The summed E-state index contributed by atoms with van der Waals surface area (Å²) in [4.78, 5) is 5.00. The fourth-order valence-electron chi connectivity index (χ4n) is 5.45. The molecule has 3 aliphatic rings. The maximum Gasteiger partial charge on any atom is 0.180 e. The number of nitrogens with zero attached hydrogens (tertiary/aromatic N) is 4. The Bertz CT molecular complexity index is 994. The fraction of sp³-hybridized carbons (Fsp3) is 0.773. The molecule has 3 N–H and O–H groups in total. The summed E-state index contributed by atoms with van der Waals surface area (Å²) in [7, 11) is 0. The Morgan fingerprint density at radius 2 is 2.06 bits per heavy atom. The molecular formula is C22H32N4O4S. The predicted molar refractivity (Wildman–Crippen MR) is 117 cm³/mol. The molecule has 2 aromatic heterocycles. The van der Waals surface area contributed by atoms with Crippen molar-refractivity contribution >= 4 is 22.9 Å². The number of rotatable bonds is 9. The third kappa shape index (κ3) is 3.15. The van der Waals surface area contributed by atoms with E-state index in [1.54, 1.807) is 16.4 Å². The summed E-state index contributed by atoms with van der Waals surface area (Å²) in [6.45, 7) is 6.69. The minimum absolute atomic E-state index is 0.104. The molecule has 0 spiro atoms. The maximum absolute atomic E-state index is 11.2. The standard InChI is InChI=1S/C22H32N4O4S/c1-4-10-31-20-12(5-2)15(21(3)6-7-21)16-19(23-20)26(25-24-16)17-13-11-14(30-9-8-27)18(28)22(13,17)29/h13-14,17-18,27-29H,4-11H2,1-3H3. The van der Waals surface area contributed by atoms with Crippen LogP contribution in [0.15, 0.2) is 5.03 Å². The molecule has 31 heavy (non-hydrogen) atoms. The highest BCUT2D eigenvalue weighted by molar-refractivity contribution is 7.99. The number of hydrogen-bond acceptors (Lipinski definition) is 8. The van der Waals surface area contributed by atoms with Gasteiger partial charge in [-0.3, -0.25) is 0 Å². The molecule has 0 saturated heterocycles.